The van der Waals surface area contributed by atoms with E-state index in [0.717, 1.165) is 30.9 Å². The molecule has 0 saturated carbocycles. The molecule has 2 heterocycles. The first kappa shape index (κ1) is 12.1. The van der Waals surface area contributed by atoms with Crippen LogP contribution in [-0.4, -0.2) is 34.3 Å². The summed E-state index contributed by atoms with van der Waals surface area (Å²) in [5, 5.41) is 7.09. The Bertz CT molecular complexity index is 568. The number of rotatable bonds is 3. The third-order valence-electron chi connectivity index (χ3n) is 3.29. The van der Waals surface area contributed by atoms with Crippen molar-refractivity contribution in [1.29, 1.82) is 0 Å². The molecule has 5 nitrogen and oxygen atoms in total. The van der Waals surface area contributed by atoms with Crippen molar-refractivity contribution in [1.82, 2.24) is 15.2 Å². The Hall–Kier alpha value is -1.95. The van der Waals surface area contributed by atoms with E-state index in [1.165, 1.54) is 12.1 Å². The first-order valence-corrected chi connectivity index (χ1v) is 6.37. The molecule has 2 aromatic rings. The number of halogens is 1. The molecule has 0 radical (unpaired) electrons. The smallest absolute Gasteiger partial charge is 0.244 e. The zero-order chi connectivity index (χ0) is 13.2. The van der Waals surface area contributed by atoms with Gasteiger partial charge < -0.3 is 10.6 Å². The van der Waals surface area contributed by atoms with Gasteiger partial charge >= 0.3 is 0 Å². The highest BCUT2D eigenvalue weighted by Crippen LogP contribution is 2.16. The van der Waals surface area contributed by atoms with Gasteiger partial charge in [-0.25, -0.2) is 4.39 Å². The molecule has 3 N–H and O–H groups in total. The number of anilines is 1. The van der Waals surface area contributed by atoms with Gasteiger partial charge in [0.15, 0.2) is 0 Å². The van der Waals surface area contributed by atoms with Crippen LogP contribution in [0.1, 0.15) is 17.8 Å². The van der Waals surface area contributed by atoms with Crippen molar-refractivity contribution in [2.24, 2.45) is 5.73 Å². The highest BCUT2D eigenvalue weighted by Gasteiger charge is 2.22. The Morgan fingerprint density at radius 2 is 2.37 bits per heavy atom. The zero-order valence-corrected chi connectivity index (χ0v) is 10.5. The van der Waals surface area contributed by atoms with Crippen molar-refractivity contribution < 1.29 is 4.39 Å². The number of nitrogens with one attached hydrogen (secondary N) is 1. The maximum Gasteiger partial charge on any atom is 0.244 e. The Kier molecular flexibility index (Phi) is 3.16. The first-order chi connectivity index (χ1) is 9.20. The fraction of sp³-hybridized carbons (Fsp3) is 0.385. The van der Waals surface area contributed by atoms with E-state index in [1.807, 2.05) is 6.07 Å². The van der Waals surface area contributed by atoms with Crippen LogP contribution in [0.15, 0.2) is 24.3 Å². The van der Waals surface area contributed by atoms with E-state index in [1.54, 1.807) is 6.07 Å². The van der Waals surface area contributed by atoms with Gasteiger partial charge in [-0.1, -0.05) is 12.1 Å². The van der Waals surface area contributed by atoms with Gasteiger partial charge in [0.25, 0.3) is 0 Å². The fourth-order valence-electron chi connectivity index (χ4n) is 2.31. The molecule has 0 bridgehead atoms. The number of aromatic amines is 1. The normalized spacial score (nSPS) is 19.1. The summed E-state index contributed by atoms with van der Waals surface area (Å²) in [5.41, 5.74) is 6.74. The van der Waals surface area contributed by atoms with Gasteiger partial charge in [0.2, 0.25) is 5.95 Å². The summed E-state index contributed by atoms with van der Waals surface area (Å²) in [5.74, 6) is 1.18. The molecule has 1 aromatic carbocycles. The van der Waals surface area contributed by atoms with Gasteiger partial charge in [0, 0.05) is 25.6 Å². The maximum absolute atomic E-state index is 13.1. The molecule has 1 atom stereocenters. The van der Waals surface area contributed by atoms with E-state index in [0.29, 0.717) is 12.4 Å². The van der Waals surface area contributed by atoms with Gasteiger partial charge in [0.05, 0.1) is 0 Å². The second-order valence-corrected chi connectivity index (χ2v) is 4.88. The van der Waals surface area contributed by atoms with Crippen molar-refractivity contribution in [3.63, 3.8) is 0 Å². The minimum absolute atomic E-state index is 0.199. The highest BCUT2D eigenvalue weighted by molar-refractivity contribution is 5.32. The van der Waals surface area contributed by atoms with Crippen LogP contribution in [0, 0.1) is 5.82 Å². The lowest BCUT2D eigenvalue weighted by atomic mass is 10.1. The Balaban J connectivity index is 1.71. The molecular weight excluding hydrogens is 245 g/mol. The van der Waals surface area contributed by atoms with Crippen molar-refractivity contribution in [3.05, 3.63) is 41.5 Å². The van der Waals surface area contributed by atoms with E-state index in [9.17, 15) is 4.39 Å². The van der Waals surface area contributed by atoms with Crippen molar-refractivity contribution in [2.45, 2.75) is 18.9 Å². The van der Waals surface area contributed by atoms with Crippen LogP contribution in [0.3, 0.4) is 0 Å². The number of hydrogen-bond acceptors (Lipinski definition) is 4. The van der Waals surface area contributed by atoms with Crippen LogP contribution >= 0.6 is 0 Å². The van der Waals surface area contributed by atoms with Crippen LogP contribution in [0.5, 0.6) is 0 Å². The number of aromatic nitrogens is 3. The van der Waals surface area contributed by atoms with Crippen LogP contribution in [0.25, 0.3) is 0 Å². The van der Waals surface area contributed by atoms with Crippen LogP contribution in [0.2, 0.25) is 0 Å². The third-order valence-corrected chi connectivity index (χ3v) is 3.29. The van der Waals surface area contributed by atoms with E-state index < -0.39 is 0 Å². The SMILES string of the molecule is NC1CCN(c2n[nH]c(Cc3cccc(F)c3)n2)C1. The average molecular weight is 261 g/mol. The molecule has 1 unspecified atom stereocenters. The molecule has 1 fully saturated rings. The Morgan fingerprint density at radius 3 is 3.11 bits per heavy atom. The van der Waals surface area contributed by atoms with Gasteiger partial charge in [-0.3, -0.25) is 5.10 Å². The molecule has 0 spiro atoms. The van der Waals surface area contributed by atoms with Crippen LogP contribution in [-0.2, 0) is 6.42 Å². The van der Waals surface area contributed by atoms with Gasteiger partial charge in [-0.15, -0.1) is 5.10 Å². The largest absolute Gasteiger partial charge is 0.338 e. The predicted octanol–water partition coefficient (Wildman–Crippen LogP) is 1.07. The second kappa shape index (κ2) is 4.97. The molecule has 0 aliphatic carbocycles. The van der Waals surface area contributed by atoms with E-state index in [4.69, 9.17) is 5.73 Å². The van der Waals surface area contributed by atoms with Crippen LogP contribution in [0.4, 0.5) is 10.3 Å². The number of H-pyrrole nitrogens is 1. The summed E-state index contributed by atoms with van der Waals surface area (Å²) in [6.07, 6.45) is 1.51. The first-order valence-electron chi connectivity index (χ1n) is 6.37. The Morgan fingerprint density at radius 1 is 1.47 bits per heavy atom. The molecule has 6 heteroatoms. The summed E-state index contributed by atoms with van der Waals surface area (Å²) < 4.78 is 13.1. The predicted molar refractivity (Wildman–Crippen MR) is 70.4 cm³/mol. The van der Waals surface area contributed by atoms with Crippen molar-refractivity contribution in [3.8, 4) is 0 Å². The maximum atomic E-state index is 13.1. The molecule has 1 saturated heterocycles. The summed E-state index contributed by atoms with van der Waals surface area (Å²) in [4.78, 5) is 6.50. The summed E-state index contributed by atoms with van der Waals surface area (Å²) >= 11 is 0. The molecular formula is C13H16FN5. The van der Waals surface area contributed by atoms with E-state index in [2.05, 4.69) is 20.1 Å². The molecule has 1 aliphatic rings. The van der Waals surface area contributed by atoms with Gasteiger partial charge in [0.1, 0.15) is 11.6 Å². The molecule has 3 rings (SSSR count). The van der Waals surface area contributed by atoms with E-state index in [-0.39, 0.29) is 11.9 Å². The molecule has 1 aliphatic heterocycles. The fourth-order valence-corrected chi connectivity index (χ4v) is 2.31. The van der Waals surface area contributed by atoms with Crippen molar-refractivity contribution in [2.75, 3.05) is 18.0 Å². The lowest BCUT2D eigenvalue weighted by Gasteiger charge is -2.11. The third kappa shape index (κ3) is 2.73. The summed E-state index contributed by atoms with van der Waals surface area (Å²) in [6, 6.07) is 6.71. The molecule has 19 heavy (non-hydrogen) atoms. The number of nitrogens with zero attached hydrogens (tertiary/aromatic N) is 3. The van der Waals surface area contributed by atoms with E-state index >= 15 is 0 Å². The summed E-state index contributed by atoms with van der Waals surface area (Å²) in [7, 11) is 0. The zero-order valence-electron chi connectivity index (χ0n) is 10.5. The van der Waals surface area contributed by atoms with Gasteiger partial charge in [-0.05, 0) is 24.1 Å². The van der Waals surface area contributed by atoms with Crippen LogP contribution < -0.4 is 10.6 Å². The topological polar surface area (TPSA) is 70.8 Å². The number of hydrogen-bond donors (Lipinski definition) is 2. The van der Waals surface area contributed by atoms with Crippen molar-refractivity contribution >= 4 is 5.95 Å². The second-order valence-electron chi connectivity index (χ2n) is 4.88. The number of nitrogens with two attached hydrogens (primary N) is 1. The quantitative estimate of drug-likeness (QED) is 0.867. The molecule has 100 valence electrons. The minimum atomic E-state index is -0.234. The van der Waals surface area contributed by atoms with Gasteiger partial charge in [-0.2, -0.15) is 4.98 Å². The molecule has 0 amide bonds. The highest BCUT2D eigenvalue weighted by atomic mass is 19.1. The lowest BCUT2D eigenvalue weighted by Crippen LogP contribution is -2.27. The standard InChI is InChI=1S/C13H16FN5/c14-10-3-1-2-9(6-10)7-12-16-13(18-17-12)19-5-4-11(15)8-19/h1-3,6,11H,4-5,7-8,15H2,(H,16,17,18). The Labute approximate surface area is 110 Å². The molecule has 1 aromatic heterocycles. The lowest BCUT2D eigenvalue weighted by molar-refractivity contribution is 0.626. The minimum Gasteiger partial charge on any atom is -0.338 e. The summed E-state index contributed by atoms with van der Waals surface area (Å²) in [6.45, 7) is 1.68. The monoisotopic (exact) mass is 261 g/mol. The average Bonchev–Trinajstić information content (AvgIpc) is 2.98. The number of benzene rings is 1.